The van der Waals surface area contributed by atoms with Crippen LogP contribution in [0.1, 0.15) is 0 Å². The van der Waals surface area contributed by atoms with Gasteiger partial charge in [-0.2, -0.15) is 13.2 Å². The molecule has 1 aromatic rings. The molecule has 10 heteroatoms. The number of benzene rings is 1. The quantitative estimate of drug-likeness (QED) is 0.510. The number of alkyl halides is 3. The maximum absolute atomic E-state index is 12.1. The number of nitro benzene ring substituents is 1. The molecule has 0 aliphatic carbocycles. The van der Waals surface area contributed by atoms with Crippen LogP contribution in [0.2, 0.25) is 0 Å². The second-order valence-corrected chi connectivity index (χ2v) is 4.26. The van der Waals surface area contributed by atoms with Crippen molar-refractivity contribution in [1.82, 2.24) is 0 Å². The SMILES string of the molecule is O=C(O)COc1ccc(SC(F)(F)F)cc1[N+](=O)[O-]. The highest BCUT2D eigenvalue weighted by atomic mass is 32.2. The molecule has 1 rings (SSSR count). The van der Waals surface area contributed by atoms with Gasteiger partial charge in [-0.25, -0.2) is 4.79 Å². The molecule has 0 aromatic heterocycles. The molecule has 6 nitrogen and oxygen atoms in total. The largest absolute Gasteiger partial charge is 0.479 e. The molecule has 1 N–H and O–H groups in total. The van der Waals surface area contributed by atoms with Gasteiger partial charge < -0.3 is 9.84 Å². The Hall–Kier alpha value is -1.97. The van der Waals surface area contributed by atoms with Crippen molar-refractivity contribution < 1.29 is 32.7 Å². The molecule has 0 saturated carbocycles. The number of hydrogen-bond donors (Lipinski definition) is 1. The lowest BCUT2D eigenvalue weighted by Crippen LogP contribution is -2.10. The minimum absolute atomic E-state index is 0.387. The van der Waals surface area contributed by atoms with Gasteiger partial charge in [-0.15, -0.1) is 0 Å². The van der Waals surface area contributed by atoms with E-state index in [1.807, 2.05) is 0 Å². The standard InChI is InChI=1S/C9H6F3NO5S/c10-9(11,12)19-5-1-2-7(18-4-8(14)15)6(3-5)13(16)17/h1-3H,4H2,(H,14,15). The zero-order valence-corrected chi connectivity index (χ0v) is 9.83. The molecule has 0 heterocycles. The van der Waals surface area contributed by atoms with Crippen LogP contribution < -0.4 is 4.74 Å². The van der Waals surface area contributed by atoms with E-state index in [1.165, 1.54) is 0 Å². The molecule has 0 amide bonds. The van der Waals surface area contributed by atoms with Gasteiger partial charge in [0, 0.05) is 11.0 Å². The summed E-state index contributed by atoms with van der Waals surface area (Å²) in [7, 11) is 0. The topological polar surface area (TPSA) is 89.7 Å². The average Bonchev–Trinajstić information content (AvgIpc) is 2.24. The molecule has 0 fully saturated rings. The monoisotopic (exact) mass is 297 g/mol. The van der Waals surface area contributed by atoms with Gasteiger partial charge in [-0.05, 0) is 23.9 Å². The van der Waals surface area contributed by atoms with Gasteiger partial charge in [0.15, 0.2) is 12.4 Å². The van der Waals surface area contributed by atoms with Gasteiger partial charge >= 0.3 is 17.2 Å². The Labute approximate surface area is 108 Å². The first kappa shape index (κ1) is 15.1. The van der Waals surface area contributed by atoms with E-state index < -0.39 is 46.2 Å². The number of carboxylic acids is 1. The van der Waals surface area contributed by atoms with Crippen molar-refractivity contribution in [1.29, 1.82) is 0 Å². The molecule has 0 unspecified atom stereocenters. The minimum atomic E-state index is -4.57. The summed E-state index contributed by atoms with van der Waals surface area (Å²) in [5, 5.41) is 19.0. The second-order valence-electron chi connectivity index (χ2n) is 3.12. The Balaban J connectivity index is 3.01. The summed E-state index contributed by atoms with van der Waals surface area (Å²) in [6.45, 7) is -0.827. The highest BCUT2D eigenvalue weighted by molar-refractivity contribution is 8.00. The molecule has 0 aliphatic heterocycles. The van der Waals surface area contributed by atoms with Gasteiger partial charge in [-0.3, -0.25) is 10.1 Å². The van der Waals surface area contributed by atoms with Crippen LogP contribution >= 0.6 is 11.8 Å². The summed E-state index contributed by atoms with van der Waals surface area (Å²) in [5.41, 5.74) is -5.30. The van der Waals surface area contributed by atoms with E-state index in [9.17, 15) is 28.1 Å². The van der Waals surface area contributed by atoms with E-state index in [1.54, 1.807) is 0 Å². The first-order valence-corrected chi connectivity index (χ1v) is 5.39. The number of nitro groups is 1. The number of halogens is 3. The fourth-order valence-electron chi connectivity index (χ4n) is 1.10. The Morgan fingerprint density at radius 1 is 1.47 bits per heavy atom. The molecule has 0 bridgehead atoms. The van der Waals surface area contributed by atoms with Crippen LogP contribution in [0.25, 0.3) is 0 Å². The molecule has 0 atom stereocenters. The van der Waals surface area contributed by atoms with Crippen molar-refractivity contribution in [3.05, 3.63) is 28.3 Å². The number of carbonyl (C=O) groups is 1. The number of aliphatic carboxylic acids is 1. The summed E-state index contributed by atoms with van der Waals surface area (Å²) >= 11 is -0.511. The molecule has 0 saturated heterocycles. The van der Waals surface area contributed by atoms with Crippen LogP contribution in [-0.2, 0) is 4.79 Å². The molecule has 0 spiro atoms. The van der Waals surface area contributed by atoms with E-state index in [2.05, 4.69) is 4.74 Å². The molecule has 0 radical (unpaired) electrons. The minimum Gasteiger partial charge on any atom is -0.479 e. The summed E-state index contributed by atoms with van der Waals surface area (Å²) in [6.07, 6.45) is 0. The number of thioether (sulfide) groups is 1. The van der Waals surface area contributed by atoms with Gasteiger partial charge in [-0.1, -0.05) is 0 Å². The van der Waals surface area contributed by atoms with Gasteiger partial charge in [0.05, 0.1) is 4.92 Å². The Bertz CT molecular complexity index is 505. The van der Waals surface area contributed by atoms with Crippen LogP contribution in [0, 0.1) is 10.1 Å². The van der Waals surface area contributed by atoms with Gasteiger partial charge in [0.25, 0.3) is 0 Å². The lowest BCUT2D eigenvalue weighted by atomic mass is 10.3. The second kappa shape index (κ2) is 5.78. The summed E-state index contributed by atoms with van der Waals surface area (Å²) in [4.78, 5) is 19.6. The Kier molecular flexibility index (Phi) is 4.59. The van der Waals surface area contributed by atoms with Crippen molar-refractivity contribution in [2.75, 3.05) is 6.61 Å². The number of nitrogens with zero attached hydrogens (tertiary/aromatic N) is 1. The molecule has 104 valence electrons. The first-order chi connectivity index (χ1) is 8.69. The lowest BCUT2D eigenvalue weighted by Gasteiger charge is -2.08. The third-order valence-corrected chi connectivity index (χ3v) is 2.43. The van der Waals surface area contributed by atoms with E-state index in [0.29, 0.717) is 6.07 Å². The van der Waals surface area contributed by atoms with E-state index in [0.717, 1.165) is 12.1 Å². The molecule has 19 heavy (non-hydrogen) atoms. The van der Waals surface area contributed by atoms with Gasteiger partial charge in [0.1, 0.15) is 0 Å². The normalized spacial score (nSPS) is 11.1. The molecular formula is C9H6F3NO5S. The Morgan fingerprint density at radius 3 is 2.58 bits per heavy atom. The summed E-state index contributed by atoms with van der Waals surface area (Å²) in [5.74, 6) is -1.76. The zero-order valence-electron chi connectivity index (χ0n) is 9.01. The van der Waals surface area contributed by atoms with Gasteiger partial charge in [0.2, 0.25) is 0 Å². The van der Waals surface area contributed by atoms with E-state index in [4.69, 9.17) is 5.11 Å². The predicted molar refractivity (Wildman–Crippen MR) is 58.1 cm³/mol. The third-order valence-electron chi connectivity index (χ3n) is 1.71. The van der Waals surface area contributed by atoms with Crippen molar-refractivity contribution in [2.45, 2.75) is 10.4 Å². The third kappa shape index (κ3) is 5.04. The fourth-order valence-corrected chi connectivity index (χ4v) is 1.67. The zero-order chi connectivity index (χ0) is 14.6. The first-order valence-electron chi connectivity index (χ1n) is 4.58. The van der Waals surface area contributed by atoms with E-state index >= 15 is 0 Å². The number of ether oxygens (including phenoxy) is 1. The predicted octanol–water partition coefficient (Wildman–Crippen LogP) is 2.67. The van der Waals surface area contributed by atoms with Crippen molar-refractivity contribution in [3.63, 3.8) is 0 Å². The fraction of sp³-hybridized carbons (Fsp3) is 0.222. The van der Waals surface area contributed by atoms with Crippen LogP contribution in [0.4, 0.5) is 18.9 Å². The Morgan fingerprint density at radius 2 is 2.11 bits per heavy atom. The lowest BCUT2D eigenvalue weighted by molar-refractivity contribution is -0.386. The number of rotatable bonds is 5. The molecular weight excluding hydrogens is 291 g/mol. The number of hydrogen-bond acceptors (Lipinski definition) is 5. The van der Waals surface area contributed by atoms with Crippen LogP contribution in [-0.4, -0.2) is 28.1 Å². The maximum Gasteiger partial charge on any atom is 0.446 e. The molecule has 0 aliphatic rings. The highest BCUT2D eigenvalue weighted by Crippen LogP contribution is 2.40. The van der Waals surface area contributed by atoms with Crippen LogP contribution in [0.15, 0.2) is 23.1 Å². The summed E-state index contributed by atoms with van der Waals surface area (Å²) < 4.78 is 41.0. The van der Waals surface area contributed by atoms with Crippen LogP contribution in [0.3, 0.4) is 0 Å². The summed E-state index contributed by atoms with van der Waals surface area (Å²) in [6, 6.07) is 2.56. The van der Waals surface area contributed by atoms with Crippen molar-refractivity contribution >= 4 is 23.4 Å². The van der Waals surface area contributed by atoms with E-state index in [-0.39, 0.29) is 4.90 Å². The maximum atomic E-state index is 12.1. The van der Waals surface area contributed by atoms with Crippen molar-refractivity contribution in [2.24, 2.45) is 0 Å². The molecule has 1 aromatic carbocycles. The smallest absolute Gasteiger partial charge is 0.446 e. The van der Waals surface area contributed by atoms with Crippen LogP contribution in [0.5, 0.6) is 5.75 Å². The number of carboxylic acid groups (broad SMARTS) is 1. The van der Waals surface area contributed by atoms with Crippen molar-refractivity contribution in [3.8, 4) is 5.75 Å². The highest BCUT2D eigenvalue weighted by Gasteiger charge is 2.30. The average molecular weight is 297 g/mol.